The monoisotopic (exact) mass is 428 g/mol. The maximum atomic E-state index is 12.3. The van der Waals surface area contributed by atoms with Gasteiger partial charge in [-0.25, -0.2) is 13.1 Å². The van der Waals surface area contributed by atoms with Gasteiger partial charge in [0.2, 0.25) is 10.0 Å². The van der Waals surface area contributed by atoms with Gasteiger partial charge in [0, 0.05) is 27.7 Å². The Labute approximate surface area is 170 Å². The number of benzene rings is 2. The van der Waals surface area contributed by atoms with E-state index in [9.17, 15) is 13.2 Å². The Balaban J connectivity index is 1.97. The summed E-state index contributed by atoms with van der Waals surface area (Å²) in [7, 11) is -3.63. The molecule has 0 aromatic heterocycles. The molecule has 2 N–H and O–H groups in total. The van der Waals surface area contributed by atoms with E-state index in [1.807, 2.05) is 6.07 Å². The first kappa shape index (κ1) is 21.7. The summed E-state index contributed by atoms with van der Waals surface area (Å²) >= 11 is 12.0. The van der Waals surface area contributed by atoms with E-state index < -0.39 is 15.6 Å². The highest BCUT2D eigenvalue weighted by atomic mass is 35.5. The minimum Gasteiger partial charge on any atom is -0.352 e. The average Bonchev–Trinajstić information content (AvgIpc) is 2.54. The van der Waals surface area contributed by atoms with Crippen molar-refractivity contribution in [1.29, 1.82) is 0 Å². The summed E-state index contributed by atoms with van der Waals surface area (Å²) in [6.07, 6.45) is 0.559. The highest BCUT2D eigenvalue weighted by Crippen LogP contribution is 2.21. The number of carbonyl (C=O) groups excluding carboxylic acids is 1. The van der Waals surface area contributed by atoms with E-state index in [-0.39, 0.29) is 10.8 Å². The van der Waals surface area contributed by atoms with Crippen molar-refractivity contribution in [3.63, 3.8) is 0 Å². The van der Waals surface area contributed by atoms with Crippen LogP contribution in [0.4, 0.5) is 0 Å². The second-order valence-corrected chi connectivity index (χ2v) is 9.65. The van der Waals surface area contributed by atoms with Gasteiger partial charge in [-0.15, -0.1) is 0 Å². The predicted octanol–water partition coefficient (Wildman–Crippen LogP) is 4.04. The van der Waals surface area contributed by atoms with Gasteiger partial charge in [0.1, 0.15) is 0 Å². The van der Waals surface area contributed by atoms with E-state index in [2.05, 4.69) is 10.0 Å². The quantitative estimate of drug-likeness (QED) is 0.728. The number of carbonyl (C=O) groups is 1. The number of rotatable bonds is 6. The zero-order valence-corrected chi connectivity index (χ0v) is 17.7. The molecule has 8 heteroatoms. The second kappa shape index (κ2) is 8.61. The molecule has 0 heterocycles. The van der Waals surface area contributed by atoms with Crippen LogP contribution in [0.1, 0.15) is 36.7 Å². The Kier molecular flexibility index (Phi) is 6.92. The van der Waals surface area contributed by atoms with E-state index in [4.69, 9.17) is 23.2 Å². The third-order valence-corrected chi connectivity index (χ3v) is 5.92. The number of amides is 1. The lowest BCUT2D eigenvalue weighted by Crippen LogP contribution is -2.40. The summed E-state index contributed by atoms with van der Waals surface area (Å²) in [4.78, 5) is 12.3. The van der Waals surface area contributed by atoms with Crippen LogP contribution < -0.4 is 10.0 Å². The van der Waals surface area contributed by atoms with Crippen molar-refractivity contribution >= 4 is 39.1 Å². The first-order chi connectivity index (χ1) is 12.5. The van der Waals surface area contributed by atoms with Crippen LogP contribution in [-0.2, 0) is 16.4 Å². The fourth-order valence-corrected chi connectivity index (χ4v) is 4.31. The van der Waals surface area contributed by atoms with Gasteiger partial charge >= 0.3 is 0 Å². The molecule has 0 unspecified atom stereocenters. The molecule has 146 valence electrons. The third kappa shape index (κ3) is 6.50. The molecule has 0 saturated heterocycles. The van der Waals surface area contributed by atoms with Crippen LogP contribution in [0.2, 0.25) is 10.0 Å². The van der Waals surface area contributed by atoms with Crippen molar-refractivity contribution in [2.24, 2.45) is 0 Å². The van der Waals surface area contributed by atoms with Crippen LogP contribution in [-0.4, -0.2) is 26.4 Å². The first-order valence-electron chi connectivity index (χ1n) is 8.34. The van der Waals surface area contributed by atoms with E-state index in [1.165, 1.54) is 24.3 Å². The fourth-order valence-electron chi connectivity index (χ4n) is 2.38. The minimum absolute atomic E-state index is 0.113. The van der Waals surface area contributed by atoms with E-state index in [1.54, 1.807) is 32.9 Å². The van der Waals surface area contributed by atoms with Crippen LogP contribution in [0.5, 0.6) is 0 Å². The maximum absolute atomic E-state index is 12.3. The molecular formula is C19H22Cl2N2O3S. The summed E-state index contributed by atoms with van der Waals surface area (Å²) in [5.41, 5.74) is 0.681. The van der Waals surface area contributed by atoms with Gasteiger partial charge in [0.25, 0.3) is 5.91 Å². The van der Waals surface area contributed by atoms with Crippen molar-refractivity contribution < 1.29 is 13.2 Å². The summed E-state index contributed by atoms with van der Waals surface area (Å²) in [6.45, 7) is 5.68. The van der Waals surface area contributed by atoms with E-state index >= 15 is 0 Å². The van der Waals surface area contributed by atoms with Gasteiger partial charge < -0.3 is 5.32 Å². The standard InChI is InChI=1S/C19H22Cl2N2O3S/c1-19(2,3)23-27(25,26)16-8-5-14(6-9-16)18(24)22-11-10-13-4-7-15(20)12-17(13)21/h4-9,12,23H,10-11H2,1-3H3,(H,22,24). The minimum atomic E-state index is -3.63. The molecule has 0 radical (unpaired) electrons. The summed E-state index contributed by atoms with van der Waals surface area (Å²) in [5, 5.41) is 3.90. The zero-order valence-electron chi connectivity index (χ0n) is 15.3. The molecular weight excluding hydrogens is 407 g/mol. The van der Waals surface area contributed by atoms with Crippen molar-refractivity contribution in [3.05, 3.63) is 63.6 Å². The topological polar surface area (TPSA) is 75.3 Å². The number of sulfonamides is 1. The molecule has 1 amide bonds. The predicted molar refractivity (Wildman–Crippen MR) is 109 cm³/mol. The van der Waals surface area contributed by atoms with Crippen LogP contribution in [0.25, 0.3) is 0 Å². The smallest absolute Gasteiger partial charge is 0.251 e. The molecule has 2 aromatic carbocycles. The lowest BCUT2D eigenvalue weighted by molar-refractivity contribution is 0.0954. The fraction of sp³-hybridized carbons (Fsp3) is 0.316. The highest BCUT2D eigenvalue weighted by molar-refractivity contribution is 7.89. The normalized spacial score (nSPS) is 12.0. The Morgan fingerprint density at radius 1 is 1.04 bits per heavy atom. The molecule has 0 saturated carbocycles. The first-order valence-corrected chi connectivity index (χ1v) is 10.6. The molecule has 2 aromatic rings. The summed E-state index contributed by atoms with van der Waals surface area (Å²) in [6, 6.07) is 11.0. The molecule has 0 fully saturated rings. The molecule has 0 aliphatic carbocycles. The summed E-state index contributed by atoms with van der Waals surface area (Å²) in [5.74, 6) is -0.284. The number of halogens is 2. The molecule has 27 heavy (non-hydrogen) atoms. The Bertz CT molecular complexity index is 921. The van der Waals surface area contributed by atoms with Gasteiger partial charge in [0.15, 0.2) is 0 Å². The van der Waals surface area contributed by atoms with Crippen LogP contribution in [0.3, 0.4) is 0 Å². The Morgan fingerprint density at radius 2 is 1.67 bits per heavy atom. The Hall–Kier alpha value is -1.60. The molecule has 5 nitrogen and oxygen atoms in total. The van der Waals surface area contributed by atoms with Gasteiger partial charge in [-0.2, -0.15) is 0 Å². The van der Waals surface area contributed by atoms with Crippen LogP contribution in [0, 0.1) is 0 Å². The molecule has 0 aliphatic rings. The molecule has 2 rings (SSSR count). The van der Waals surface area contributed by atoms with Crippen molar-refractivity contribution in [2.75, 3.05) is 6.54 Å². The van der Waals surface area contributed by atoms with Crippen molar-refractivity contribution in [2.45, 2.75) is 37.6 Å². The van der Waals surface area contributed by atoms with E-state index in [0.29, 0.717) is 28.6 Å². The third-order valence-electron chi connectivity index (χ3n) is 3.56. The highest BCUT2D eigenvalue weighted by Gasteiger charge is 2.22. The zero-order chi connectivity index (χ0) is 20.2. The molecule has 0 atom stereocenters. The SMILES string of the molecule is CC(C)(C)NS(=O)(=O)c1ccc(C(=O)NCCc2ccc(Cl)cc2Cl)cc1. The van der Waals surface area contributed by atoms with Gasteiger partial charge in [0.05, 0.1) is 4.90 Å². The number of hydrogen-bond donors (Lipinski definition) is 2. The largest absolute Gasteiger partial charge is 0.352 e. The average molecular weight is 429 g/mol. The van der Waals surface area contributed by atoms with Gasteiger partial charge in [-0.1, -0.05) is 29.3 Å². The van der Waals surface area contributed by atoms with Crippen LogP contribution in [0.15, 0.2) is 47.4 Å². The van der Waals surface area contributed by atoms with E-state index in [0.717, 1.165) is 5.56 Å². The molecule has 0 spiro atoms. The lowest BCUT2D eigenvalue weighted by Gasteiger charge is -2.20. The van der Waals surface area contributed by atoms with Crippen molar-refractivity contribution in [3.8, 4) is 0 Å². The van der Waals surface area contributed by atoms with Gasteiger partial charge in [-0.3, -0.25) is 4.79 Å². The number of nitrogens with one attached hydrogen (secondary N) is 2. The molecule has 0 bridgehead atoms. The van der Waals surface area contributed by atoms with Gasteiger partial charge in [-0.05, 0) is 69.2 Å². The lowest BCUT2D eigenvalue weighted by atomic mass is 10.1. The second-order valence-electron chi connectivity index (χ2n) is 7.12. The summed E-state index contributed by atoms with van der Waals surface area (Å²) < 4.78 is 27.1. The van der Waals surface area contributed by atoms with Crippen molar-refractivity contribution in [1.82, 2.24) is 10.0 Å². The Morgan fingerprint density at radius 3 is 2.22 bits per heavy atom. The molecule has 0 aliphatic heterocycles. The maximum Gasteiger partial charge on any atom is 0.251 e. The van der Waals surface area contributed by atoms with Crippen LogP contribution >= 0.6 is 23.2 Å². The number of hydrogen-bond acceptors (Lipinski definition) is 3.